The summed E-state index contributed by atoms with van der Waals surface area (Å²) in [7, 11) is 0. The quantitative estimate of drug-likeness (QED) is 0.820. The molecule has 2 N–H and O–H groups in total. The molecule has 1 amide bonds. The Bertz CT molecular complexity index is 872. The van der Waals surface area contributed by atoms with Gasteiger partial charge >= 0.3 is 0 Å². The van der Waals surface area contributed by atoms with E-state index < -0.39 is 17.8 Å². The van der Waals surface area contributed by atoms with E-state index in [4.69, 9.17) is 11.6 Å². The number of pyridine rings is 1. The smallest absolute Gasteiger partial charge is 0.258 e. The first-order valence-electron chi connectivity index (χ1n) is 8.35. The van der Waals surface area contributed by atoms with Crippen molar-refractivity contribution in [2.24, 2.45) is 0 Å². The van der Waals surface area contributed by atoms with E-state index in [1.807, 2.05) is 6.92 Å². The number of rotatable bonds is 3. The van der Waals surface area contributed by atoms with Gasteiger partial charge in [0, 0.05) is 23.5 Å². The molecule has 134 valence electrons. The van der Waals surface area contributed by atoms with Crippen LogP contribution in [0.25, 0.3) is 10.8 Å². The summed E-state index contributed by atoms with van der Waals surface area (Å²) in [6, 6.07) is 4.76. The van der Waals surface area contributed by atoms with Crippen molar-refractivity contribution in [3.8, 4) is 0 Å². The minimum absolute atomic E-state index is 0.144. The SMILES string of the molecule is CCn1ccc2c(C(=O)NC3(O)CCC(F)CC3)c(Cl)ccc2c1=O. The number of aryl methyl sites for hydroxylation is 1. The molecule has 1 saturated carbocycles. The van der Waals surface area contributed by atoms with E-state index in [0.717, 1.165) is 0 Å². The predicted octanol–water partition coefficient (Wildman–Crippen LogP) is 3.01. The van der Waals surface area contributed by atoms with E-state index in [1.54, 1.807) is 18.3 Å². The Kier molecular flexibility index (Phi) is 4.84. The second kappa shape index (κ2) is 6.77. The highest BCUT2D eigenvalue weighted by atomic mass is 35.5. The minimum Gasteiger partial charge on any atom is -0.371 e. The first-order chi connectivity index (χ1) is 11.8. The zero-order valence-electron chi connectivity index (χ0n) is 13.9. The minimum atomic E-state index is -1.45. The monoisotopic (exact) mass is 366 g/mol. The molecule has 1 aromatic carbocycles. The van der Waals surface area contributed by atoms with Gasteiger partial charge in [0.2, 0.25) is 0 Å². The second-order valence-electron chi connectivity index (χ2n) is 6.45. The Morgan fingerprint density at radius 3 is 2.68 bits per heavy atom. The third kappa shape index (κ3) is 3.41. The van der Waals surface area contributed by atoms with Gasteiger partial charge in [0.15, 0.2) is 0 Å². The molecule has 1 aliphatic rings. The second-order valence-corrected chi connectivity index (χ2v) is 6.86. The molecule has 1 aliphatic carbocycles. The lowest BCUT2D eigenvalue weighted by Gasteiger charge is -2.34. The number of carbonyl (C=O) groups excluding carboxylic acids is 1. The van der Waals surface area contributed by atoms with Gasteiger partial charge < -0.3 is 15.0 Å². The lowest BCUT2D eigenvalue weighted by Crippen LogP contribution is -2.51. The van der Waals surface area contributed by atoms with Gasteiger partial charge in [-0.25, -0.2) is 4.39 Å². The molecule has 1 fully saturated rings. The normalized spacial score (nSPS) is 23.6. The number of nitrogens with one attached hydrogen (secondary N) is 1. The number of halogens is 2. The molecule has 25 heavy (non-hydrogen) atoms. The molecule has 5 nitrogen and oxygen atoms in total. The van der Waals surface area contributed by atoms with Crippen molar-refractivity contribution in [1.82, 2.24) is 9.88 Å². The van der Waals surface area contributed by atoms with E-state index in [1.165, 1.54) is 10.6 Å². The number of hydrogen-bond acceptors (Lipinski definition) is 3. The van der Waals surface area contributed by atoms with Crippen molar-refractivity contribution in [2.45, 2.75) is 51.0 Å². The molecule has 0 spiro atoms. The third-order valence-corrected chi connectivity index (χ3v) is 5.08. The highest BCUT2D eigenvalue weighted by molar-refractivity contribution is 6.35. The molecule has 0 unspecified atom stereocenters. The van der Waals surface area contributed by atoms with Crippen LogP contribution < -0.4 is 10.9 Å². The summed E-state index contributed by atoms with van der Waals surface area (Å²) in [5, 5.41) is 14.1. The van der Waals surface area contributed by atoms with Gasteiger partial charge in [0.05, 0.1) is 10.6 Å². The zero-order valence-corrected chi connectivity index (χ0v) is 14.6. The summed E-state index contributed by atoms with van der Waals surface area (Å²) < 4.78 is 14.8. The van der Waals surface area contributed by atoms with Crippen LogP contribution in [0.2, 0.25) is 5.02 Å². The molecule has 1 aromatic heterocycles. The lowest BCUT2D eigenvalue weighted by atomic mass is 9.90. The van der Waals surface area contributed by atoms with Crippen LogP contribution >= 0.6 is 11.6 Å². The van der Waals surface area contributed by atoms with E-state index in [2.05, 4.69) is 5.32 Å². The van der Waals surface area contributed by atoms with E-state index in [0.29, 0.717) is 17.3 Å². The third-order valence-electron chi connectivity index (χ3n) is 4.76. The summed E-state index contributed by atoms with van der Waals surface area (Å²) in [6.07, 6.45) is 1.34. The van der Waals surface area contributed by atoms with Gasteiger partial charge in [-0.05, 0) is 50.8 Å². The number of alkyl halides is 1. The first kappa shape index (κ1) is 17.9. The number of amides is 1. The molecule has 0 bridgehead atoms. The number of fused-ring (bicyclic) bond motifs is 1. The van der Waals surface area contributed by atoms with Crippen LogP contribution in [-0.2, 0) is 6.54 Å². The Balaban J connectivity index is 2.00. The molecule has 0 radical (unpaired) electrons. The fourth-order valence-electron chi connectivity index (χ4n) is 3.28. The van der Waals surface area contributed by atoms with Gasteiger partial charge in [0.25, 0.3) is 11.5 Å². The van der Waals surface area contributed by atoms with Crippen LogP contribution in [-0.4, -0.2) is 27.5 Å². The molecule has 7 heteroatoms. The fourth-order valence-corrected chi connectivity index (χ4v) is 3.53. The molecule has 1 heterocycles. The number of carbonyl (C=O) groups is 1. The number of nitrogens with zero attached hydrogens (tertiary/aromatic N) is 1. The molecule has 0 saturated heterocycles. The maximum absolute atomic E-state index is 13.3. The zero-order chi connectivity index (χ0) is 18.2. The van der Waals surface area contributed by atoms with Crippen molar-refractivity contribution in [3.63, 3.8) is 0 Å². The summed E-state index contributed by atoms with van der Waals surface area (Å²) in [6.45, 7) is 2.37. The highest BCUT2D eigenvalue weighted by Gasteiger charge is 2.35. The first-order valence-corrected chi connectivity index (χ1v) is 8.73. The maximum atomic E-state index is 13.3. The summed E-state index contributed by atoms with van der Waals surface area (Å²) in [5.74, 6) is -0.566. The van der Waals surface area contributed by atoms with Crippen LogP contribution in [0.3, 0.4) is 0 Å². The predicted molar refractivity (Wildman–Crippen MR) is 94.7 cm³/mol. The van der Waals surface area contributed by atoms with Gasteiger partial charge in [-0.1, -0.05) is 11.6 Å². The molecular weight excluding hydrogens is 347 g/mol. The molecule has 2 aromatic rings. The Labute approximate surface area is 149 Å². The number of hydrogen-bond donors (Lipinski definition) is 2. The van der Waals surface area contributed by atoms with Crippen molar-refractivity contribution >= 4 is 28.3 Å². The van der Waals surface area contributed by atoms with Crippen molar-refractivity contribution in [1.29, 1.82) is 0 Å². The van der Waals surface area contributed by atoms with Crippen molar-refractivity contribution in [2.75, 3.05) is 0 Å². The van der Waals surface area contributed by atoms with Gasteiger partial charge in [0.1, 0.15) is 11.9 Å². The van der Waals surface area contributed by atoms with Gasteiger partial charge in [-0.2, -0.15) is 0 Å². The van der Waals surface area contributed by atoms with Crippen LogP contribution in [0, 0.1) is 0 Å². The highest BCUT2D eigenvalue weighted by Crippen LogP contribution is 2.30. The van der Waals surface area contributed by atoms with Crippen molar-refractivity contribution in [3.05, 3.63) is 45.3 Å². The average Bonchev–Trinajstić information content (AvgIpc) is 2.58. The van der Waals surface area contributed by atoms with Gasteiger partial charge in [-0.3, -0.25) is 9.59 Å². The van der Waals surface area contributed by atoms with Crippen molar-refractivity contribution < 1.29 is 14.3 Å². The standard InChI is InChI=1S/C18H20ClFN2O3/c1-2-22-10-7-12-13(17(22)24)3-4-14(19)15(12)16(23)21-18(25)8-5-11(20)6-9-18/h3-4,7,10-11,25H,2,5-6,8-9H2,1H3,(H,21,23). The topological polar surface area (TPSA) is 71.3 Å². The average molecular weight is 367 g/mol. The summed E-state index contributed by atoms with van der Waals surface area (Å²) in [4.78, 5) is 25.2. The van der Waals surface area contributed by atoms with Crippen LogP contribution in [0.4, 0.5) is 4.39 Å². The Morgan fingerprint density at radius 1 is 1.36 bits per heavy atom. The molecule has 3 rings (SSSR count). The number of benzene rings is 1. The van der Waals surface area contributed by atoms with E-state index in [-0.39, 0.29) is 41.8 Å². The van der Waals surface area contributed by atoms with E-state index >= 15 is 0 Å². The molecular formula is C18H20ClFN2O3. The van der Waals surface area contributed by atoms with Gasteiger partial charge in [-0.15, -0.1) is 0 Å². The number of aliphatic hydroxyl groups is 1. The Hall–Kier alpha value is -1.92. The van der Waals surface area contributed by atoms with Crippen LogP contribution in [0.5, 0.6) is 0 Å². The molecule has 0 aliphatic heterocycles. The fraction of sp³-hybridized carbons (Fsp3) is 0.444. The Morgan fingerprint density at radius 2 is 2.04 bits per heavy atom. The van der Waals surface area contributed by atoms with Crippen LogP contribution in [0.15, 0.2) is 29.2 Å². The number of aromatic nitrogens is 1. The van der Waals surface area contributed by atoms with E-state index in [9.17, 15) is 19.1 Å². The largest absolute Gasteiger partial charge is 0.371 e. The maximum Gasteiger partial charge on any atom is 0.258 e. The lowest BCUT2D eigenvalue weighted by molar-refractivity contribution is -0.0369. The molecule has 0 atom stereocenters. The summed E-state index contributed by atoms with van der Waals surface area (Å²) in [5.41, 5.74) is -1.51. The van der Waals surface area contributed by atoms with Crippen LogP contribution in [0.1, 0.15) is 43.0 Å². The summed E-state index contributed by atoms with van der Waals surface area (Å²) >= 11 is 6.20.